The predicted molar refractivity (Wildman–Crippen MR) is 357 cm³/mol. The highest BCUT2D eigenvalue weighted by Crippen LogP contribution is 2.17. The molecule has 0 rings (SSSR count). The predicted octanol–water partition coefficient (Wildman–Crippen LogP) is 24.4. The molecule has 1 unspecified atom stereocenters. The van der Waals surface area contributed by atoms with Crippen LogP contribution in [0.25, 0.3) is 0 Å². The molecular weight excluding hydrogens is 1010 g/mol. The van der Waals surface area contributed by atoms with Crippen LogP contribution in [0.1, 0.15) is 348 Å². The maximum absolute atomic E-state index is 12.9. The second-order valence-electron chi connectivity index (χ2n) is 23.4. The van der Waals surface area contributed by atoms with Crippen LogP contribution >= 0.6 is 0 Å². The van der Waals surface area contributed by atoms with Gasteiger partial charge in [0, 0.05) is 19.3 Å². The van der Waals surface area contributed by atoms with Crippen LogP contribution in [0.15, 0.2) is 97.2 Å². The fourth-order valence-corrected chi connectivity index (χ4v) is 10.0. The molecule has 472 valence electrons. The monoisotopic (exact) mass is 1140 g/mol. The SMILES string of the molecule is CC/C=C\C/C=C\C/C=C\CCCCCC(=O)OCC(COC(=O)CCCCCCCCCCCCCCCCCCCC/C=C\C/C=C\C/C=C\CCCCCCC)OC(=O)CCCCCCCCC/C=C\C/C=C\CCCCCC. The van der Waals surface area contributed by atoms with Crippen molar-refractivity contribution in [1.29, 1.82) is 0 Å². The molecule has 0 aliphatic carbocycles. The number of unbranched alkanes of at least 4 members (excludes halogenated alkanes) is 37. The van der Waals surface area contributed by atoms with Gasteiger partial charge >= 0.3 is 17.9 Å². The van der Waals surface area contributed by atoms with Gasteiger partial charge in [0.25, 0.3) is 0 Å². The van der Waals surface area contributed by atoms with E-state index < -0.39 is 6.10 Å². The Bertz CT molecular complexity index is 1590. The van der Waals surface area contributed by atoms with Crippen molar-refractivity contribution in [2.75, 3.05) is 13.2 Å². The normalized spacial score (nSPS) is 12.7. The second-order valence-corrected chi connectivity index (χ2v) is 23.4. The van der Waals surface area contributed by atoms with Crippen molar-refractivity contribution in [1.82, 2.24) is 0 Å². The molecule has 0 fully saturated rings. The minimum atomic E-state index is -0.795. The number of allylic oxidation sites excluding steroid dienone is 16. The molecule has 0 aromatic carbocycles. The van der Waals surface area contributed by atoms with Crippen LogP contribution < -0.4 is 0 Å². The summed E-state index contributed by atoms with van der Waals surface area (Å²) in [6, 6.07) is 0. The van der Waals surface area contributed by atoms with E-state index in [1.165, 1.54) is 199 Å². The summed E-state index contributed by atoms with van der Waals surface area (Å²) in [5.74, 6) is -0.913. The molecule has 0 N–H and O–H groups in total. The standard InChI is InChI=1S/C76H132O6/c1-4-7-10-13-16-19-22-25-27-29-31-32-33-34-35-36-37-38-39-40-41-42-43-44-45-47-48-51-54-57-60-63-66-69-75(78)81-72-73(71-80-74(77)68-65-62-59-56-53-50-24-21-18-15-12-9-6-3)82-76(79)70-67-64-61-58-55-52-49-46-30-28-26-23-20-17-14-11-8-5-2/h9,12,18,20-23,25,28-31,33-34,50,53,73H,4-8,10-11,13-17,19,24,26-27,32,35-49,51-52,54-72H2,1-3H3/b12-9-,21-18-,23-20-,25-22-,30-28-,31-29-,34-33-,53-50-. The van der Waals surface area contributed by atoms with Crippen LogP contribution in [0.4, 0.5) is 0 Å². The Morgan fingerprint density at radius 3 is 0.768 bits per heavy atom. The zero-order valence-corrected chi connectivity index (χ0v) is 54.2. The number of carbonyl (C=O) groups excluding carboxylic acids is 3. The van der Waals surface area contributed by atoms with Gasteiger partial charge in [-0.15, -0.1) is 0 Å². The molecule has 0 saturated carbocycles. The van der Waals surface area contributed by atoms with Crippen LogP contribution in [0.2, 0.25) is 0 Å². The number of hydrogen-bond donors (Lipinski definition) is 0. The molecule has 6 heteroatoms. The summed E-state index contributed by atoms with van der Waals surface area (Å²) in [7, 11) is 0. The highest BCUT2D eigenvalue weighted by atomic mass is 16.6. The first-order valence-electron chi connectivity index (χ1n) is 35.2. The minimum absolute atomic E-state index is 0.0879. The number of rotatable bonds is 64. The quantitative estimate of drug-likeness (QED) is 0.0261. The molecule has 0 spiro atoms. The Balaban J connectivity index is 4.19. The topological polar surface area (TPSA) is 78.9 Å². The van der Waals surface area contributed by atoms with Gasteiger partial charge in [-0.1, -0.05) is 304 Å². The Morgan fingerprint density at radius 1 is 0.256 bits per heavy atom. The summed E-state index contributed by atoms with van der Waals surface area (Å²) in [4.78, 5) is 38.4. The van der Waals surface area contributed by atoms with E-state index in [2.05, 4.69) is 118 Å². The van der Waals surface area contributed by atoms with Crippen molar-refractivity contribution in [3.8, 4) is 0 Å². The van der Waals surface area contributed by atoms with E-state index in [-0.39, 0.29) is 31.1 Å². The van der Waals surface area contributed by atoms with Crippen molar-refractivity contribution in [3.63, 3.8) is 0 Å². The maximum atomic E-state index is 12.9. The van der Waals surface area contributed by atoms with Crippen molar-refractivity contribution in [2.24, 2.45) is 0 Å². The lowest BCUT2D eigenvalue weighted by Gasteiger charge is -2.18. The molecular formula is C76H132O6. The minimum Gasteiger partial charge on any atom is -0.462 e. The molecule has 82 heavy (non-hydrogen) atoms. The van der Waals surface area contributed by atoms with Crippen LogP contribution in [-0.4, -0.2) is 37.2 Å². The number of esters is 3. The largest absolute Gasteiger partial charge is 0.462 e. The Morgan fingerprint density at radius 2 is 0.476 bits per heavy atom. The van der Waals surface area contributed by atoms with Gasteiger partial charge in [0.2, 0.25) is 0 Å². The Kier molecular flexibility index (Phi) is 66.7. The molecule has 0 heterocycles. The van der Waals surface area contributed by atoms with E-state index in [0.717, 1.165) is 109 Å². The van der Waals surface area contributed by atoms with Crippen molar-refractivity contribution in [2.45, 2.75) is 354 Å². The van der Waals surface area contributed by atoms with Crippen LogP contribution in [0.5, 0.6) is 0 Å². The Hall–Kier alpha value is -3.67. The first-order chi connectivity index (χ1) is 40.5. The van der Waals surface area contributed by atoms with Gasteiger partial charge < -0.3 is 14.2 Å². The zero-order chi connectivity index (χ0) is 59.2. The molecule has 0 amide bonds. The van der Waals surface area contributed by atoms with E-state index in [4.69, 9.17) is 14.2 Å². The zero-order valence-electron chi connectivity index (χ0n) is 54.2. The van der Waals surface area contributed by atoms with Gasteiger partial charge in [0.05, 0.1) is 0 Å². The number of ether oxygens (including phenoxy) is 3. The molecule has 0 saturated heterocycles. The molecule has 0 aliphatic rings. The van der Waals surface area contributed by atoms with E-state index in [9.17, 15) is 14.4 Å². The van der Waals surface area contributed by atoms with Gasteiger partial charge in [-0.05, 0) is 122 Å². The van der Waals surface area contributed by atoms with E-state index in [1.807, 2.05) is 0 Å². The van der Waals surface area contributed by atoms with Crippen molar-refractivity contribution >= 4 is 17.9 Å². The lowest BCUT2D eigenvalue weighted by molar-refractivity contribution is -0.167. The third-order valence-corrected chi connectivity index (χ3v) is 15.3. The van der Waals surface area contributed by atoms with Crippen molar-refractivity contribution in [3.05, 3.63) is 97.2 Å². The van der Waals surface area contributed by atoms with Crippen LogP contribution in [0, 0.1) is 0 Å². The first-order valence-corrected chi connectivity index (χ1v) is 35.2. The fraction of sp³-hybridized carbons (Fsp3) is 0.750. The summed E-state index contributed by atoms with van der Waals surface area (Å²) in [6.45, 7) is 6.50. The lowest BCUT2D eigenvalue weighted by Crippen LogP contribution is -2.30. The smallest absolute Gasteiger partial charge is 0.306 e. The molecule has 0 bridgehead atoms. The van der Waals surface area contributed by atoms with E-state index >= 15 is 0 Å². The number of carbonyl (C=O) groups is 3. The summed E-state index contributed by atoms with van der Waals surface area (Å²) in [5.41, 5.74) is 0. The third kappa shape index (κ3) is 67.1. The van der Waals surface area contributed by atoms with Gasteiger partial charge in [0.1, 0.15) is 13.2 Å². The van der Waals surface area contributed by atoms with Gasteiger partial charge in [-0.25, -0.2) is 0 Å². The van der Waals surface area contributed by atoms with Crippen LogP contribution in [0.3, 0.4) is 0 Å². The number of hydrogen-bond acceptors (Lipinski definition) is 6. The maximum Gasteiger partial charge on any atom is 0.306 e. The van der Waals surface area contributed by atoms with Gasteiger partial charge in [0.15, 0.2) is 6.10 Å². The van der Waals surface area contributed by atoms with E-state index in [0.29, 0.717) is 19.3 Å². The van der Waals surface area contributed by atoms with Gasteiger partial charge in [-0.2, -0.15) is 0 Å². The van der Waals surface area contributed by atoms with Crippen molar-refractivity contribution < 1.29 is 28.6 Å². The summed E-state index contributed by atoms with van der Waals surface area (Å²) in [5, 5.41) is 0. The van der Waals surface area contributed by atoms with Gasteiger partial charge in [-0.3, -0.25) is 14.4 Å². The average Bonchev–Trinajstić information content (AvgIpc) is 3.47. The highest BCUT2D eigenvalue weighted by molar-refractivity contribution is 5.71. The Labute approximate surface area is 508 Å². The van der Waals surface area contributed by atoms with Crippen LogP contribution in [-0.2, 0) is 28.6 Å². The average molecular weight is 1140 g/mol. The second kappa shape index (κ2) is 69.8. The summed E-state index contributed by atoms with van der Waals surface area (Å²) in [6.07, 6.45) is 94.5. The lowest BCUT2D eigenvalue weighted by atomic mass is 10.0. The third-order valence-electron chi connectivity index (χ3n) is 15.3. The summed E-state index contributed by atoms with van der Waals surface area (Å²) < 4.78 is 16.9. The highest BCUT2D eigenvalue weighted by Gasteiger charge is 2.19. The summed E-state index contributed by atoms with van der Waals surface area (Å²) >= 11 is 0. The molecule has 0 aromatic heterocycles. The fourth-order valence-electron chi connectivity index (χ4n) is 10.0. The van der Waals surface area contributed by atoms with E-state index in [1.54, 1.807) is 0 Å². The molecule has 6 nitrogen and oxygen atoms in total. The first kappa shape index (κ1) is 78.3. The molecule has 0 radical (unpaired) electrons. The molecule has 0 aliphatic heterocycles. The molecule has 0 aromatic rings. The molecule has 1 atom stereocenters.